The summed E-state index contributed by atoms with van der Waals surface area (Å²) in [6.45, 7) is 6.93. The van der Waals surface area contributed by atoms with Crippen LogP contribution in [0.2, 0.25) is 0 Å². The van der Waals surface area contributed by atoms with Gasteiger partial charge in [-0.2, -0.15) is 0 Å². The van der Waals surface area contributed by atoms with E-state index in [0.29, 0.717) is 6.04 Å². The highest BCUT2D eigenvalue weighted by atomic mass is 15.1. The van der Waals surface area contributed by atoms with Gasteiger partial charge in [0.2, 0.25) is 0 Å². The minimum Gasteiger partial charge on any atom is -0.306 e. The fourth-order valence-electron chi connectivity index (χ4n) is 2.49. The molecule has 16 heavy (non-hydrogen) atoms. The van der Waals surface area contributed by atoms with E-state index in [1.807, 2.05) is 0 Å². The van der Waals surface area contributed by atoms with Crippen molar-refractivity contribution >= 4 is 0 Å². The standard InChI is InChI=1S/C14H26N2/c1-5-7-14(6-2)15-12(3)13-8-10-16(4)11-9-13/h2,12-15H,5,7-11H2,1,3-4H3. The summed E-state index contributed by atoms with van der Waals surface area (Å²) in [5, 5.41) is 3.60. The van der Waals surface area contributed by atoms with Gasteiger partial charge >= 0.3 is 0 Å². The summed E-state index contributed by atoms with van der Waals surface area (Å²) in [4.78, 5) is 2.41. The van der Waals surface area contributed by atoms with Crippen molar-refractivity contribution in [2.24, 2.45) is 5.92 Å². The van der Waals surface area contributed by atoms with Gasteiger partial charge in [-0.1, -0.05) is 19.3 Å². The summed E-state index contributed by atoms with van der Waals surface area (Å²) < 4.78 is 0. The number of hydrogen-bond donors (Lipinski definition) is 1. The molecule has 2 unspecified atom stereocenters. The van der Waals surface area contributed by atoms with Crippen LogP contribution in [-0.4, -0.2) is 37.1 Å². The average molecular weight is 222 g/mol. The topological polar surface area (TPSA) is 15.3 Å². The van der Waals surface area contributed by atoms with Gasteiger partial charge < -0.3 is 10.2 Å². The van der Waals surface area contributed by atoms with Crippen molar-refractivity contribution in [3.8, 4) is 12.3 Å². The molecule has 0 radical (unpaired) electrons. The van der Waals surface area contributed by atoms with Crippen LogP contribution in [0.4, 0.5) is 0 Å². The molecule has 2 atom stereocenters. The fraction of sp³-hybridized carbons (Fsp3) is 0.857. The lowest BCUT2D eigenvalue weighted by molar-refractivity contribution is 0.186. The highest BCUT2D eigenvalue weighted by Gasteiger charge is 2.23. The number of rotatable bonds is 5. The van der Waals surface area contributed by atoms with E-state index in [0.717, 1.165) is 18.8 Å². The first-order valence-electron chi connectivity index (χ1n) is 6.58. The van der Waals surface area contributed by atoms with Crippen molar-refractivity contribution in [1.82, 2.24) is 10.2 Å². The molecule has 1 rings (SSSR count). The third kappa shape index (κ3) is 4.15. The number of piperidine rings is 1. The van der Waals surface area contributed by atoms with Crippen LogP contribution in [0.1, 0.15) is 39.5 Å². The van der Waals surface area contributed by atoms with Crippen LogP contribution in [0.25, 0.3) is 0 Å². The minimum absolute atomic E-state index is 0.264. The summed E-state index contributed by atoms with van der Waals surface area (Å²) in [6, 6.07) is 0.820. The molecule has 0 aromatic carbocycles. The Kier molecular flexibility index (Phi) is 5.87. The second kappa shape index (κ2) is 6.93. The Morgan fingerprint density at radius 2 is 2.06 bits per heavy atom. The van der Waals surface area contributed by atoms with E-state index in [9.17, 15) is 0 Å². The van der Waals surface area contributed by atoms with Crippen LogP contribution in [0.5, 0.6) is 0 Å². The Labute approximate surface area is 101 Å². The number of hydrogen-bond acceptors (Lipinski definition) is 2. The maximum Gasteiger partial charge on any atom is 0.0688 e. The van der Waals surface area contributed by atoms with Gasteiger partial charge in [0.1, 0.15) is 0 Å². The van der Waals surface area contributed by atoms with E-state index in [2.05, 4.69) is 37.0 Å². The Balaban J connectivity index is 2.33. The molecule has 2 nitrogen and oxygen atoms in total. The normalized spacial score (nSPS) is 22.6. The van der Waals surface area contributed by atoms with Crippen molar-refractivity contribution in [2.75, 3.05) is 20.1 Å². The average Bonchev–Trinajstić information content (AvgIpc) is 2.29. The van der Waals surface area contributed by atoms with Crippen LogP contribution in [-0.2, 0) is 0 Å². The third-order valence-corrected chi connectivity index (χ3v) is 3.71. The smallest absolute Gasteiger partial charge is 0.0688 e. The van der Waals surface area contributed by atoms with Gasteiger partial charge in [-0.3, -0.25) is 0 Å². The van der Waals surface area contributed by atoms with E-state index >= 15 is 0 Å². The van der Waals surface area contributed by atoms with Crippen LogP contribution >= 0.6 is 0 Å². The van der Waals surface area contributed by atoms with Crippen LogP contribution in [0, 0.1) is 18.3 Å². The summed E-state index contributed by atoms with van der Waals surface area (Å²) in [6.07, 6.45) is 10.4. The van der Waals surface area contributed by atoms with E-state index in [-0.39, 0.29) is 6.04 Å². The molecule has 0 bridgehead atoms. The van der Waals surface area contributed by atoms with Gasteiger partial charge in [-0.05, 0) is 52.2 Å². The lowest BCUT2D eigenvalue weighted by Crippen LogP contribution is -2.44. The number of terminal acetylenes is 1. The number of likely N-dealkylation sites (tertiary alicyclic amines) is 1. The summed E-state index contributed by atoms with van der Waals surface area (Å²) in [5.41, 5.74) is 0. The zero-order valence-corrected chi connectivity index (χ0v) is 11.0. The molecule has 1 N–H and O–H groups in total. The fourth-order valence-corrected chi connectivity index (χ4v) is 2.49. The molecule has 1 saturated heterocycles. The zero-order valence-electron chi connectivity index (χ0n) is 11.0. The molecule has 0 amide bonds. The molecule has 1 aliphatic rings. The zero-order chi connectivity index (χ0) is 12.0. The highest BCUT2D eigenvalue weighted by Crippen LogP contribution is 2.20. The van der Waals surface area contributed by atoms with Gasteiger partial charge in [0, 0.05) is 6.04 Å². The lowest BCUT2D eigenvalue weighted by atomic mass is 9.90. The van der Waals surface area contributed by atoms with Crippen molar-refractivity contribution in [3.05, 3.63) is 0 Å². The Morgan fingerprint density at radius 1 is 1.44 bits per heavy atom. The van der Waals surface area contributed by atoms with Crippen LogP contribution in [0.15, 0.2) is 0 Å². The molecule has 1 fully saturated rings. The molecule has 0 aromatic heterocycles. The molecular weight excluding hydrogens is 196 g/mol. The van der Waals surface area contributed by atoms with Crippen molar-refractivity contribution in [3.63, 3.8) is 0 Å². The van der Waals surface area contributed by atoms with Gasteiger partial charge in [-0.15, -0.1) is 6.42 Å². The lowest BCUT2D eigenvalue weighted by Gasteiger charge is -2.34. The van der Waals surface area contributed by atoms with E-state index in [4.69, 9.17) is 6.42 Å². The summed E-state index contributed by atoms with van der Waals surface area (Å²) in [7, 11) is 2.20. The molecule has 0 aliphatic carbocycles. The van der Waals surface area contributed by atoms with Crippen LogP contribution in [0.3, 0.4) is 0 Å². The van der Waals surface area contributed by atoms with Gasteiger partial charge in [0.25, 0.3) is 0 Å². The van der Waals surface area contributed by atoms with E-state index in [1.165, 1.54) is 25.9 Å². The second-order valence-corrected chi connectivity index (χ2v) is 5.10. The van der Waals surface area contributed by atoms with Gasteiger partial charge in [0.05, 0.1) is 6.04 Å². The minimum atomic E-state index is 0.264. The first kappa shape index (κ1) is 13.5. The molecule has 0 saturated carbocycles. The first-order chi connectivity index (χ1) is 7.67. The molecule has 92 valence electrons. The number of nitrogens with one attached hydrogen (secondary N) is 1. The van der Waals surface area contributed by atoms with Crippen molar-refractivity contribution in [2.45, 2.75) is 51.6 Å². The molecule has 0 aromatic rings. The first-order valence-corrected chi connectivity index (χ1v) is 6.58. The number of nitrogens with zero attached hydrogens (tertiary/aromatic N) is 1. The monoisotopic (exact) mass is 222 g/mol. The van der Waals surface area contributed by atoms with Gasteiger partial charge in [0.15, 0.2) is 0 Å². The van der Waals surface area contributed by atoms with E-state index < -0.39 is 0 Å². The predicted octanol–water partition coefficient (Wildman–Crippen LogP) is 2.11. The van der Waals surface area contributed by atoms with Crippen LogP contribution < -0.4 is 5.32 Å². The molecular formula is C14H26N2. The molecule has 0 spiro atoms. The molecule has 1 heterocycles. The maximum atomic E-state index is 5.54. The third-order valence-electron chi connectivity index (χ3n) is 3.71. The van der Waals surface area contributed by atoms with Crippen molar-refractivity contribution in [1.29, 1.82) is 0 Å². The SMILES string of the molecule is C#CC(CCC)NC(C)C1CCN(C)CC1. The molecule has 1 aliphatic heterocycles. The largest absolute Gasteiger partial charge is 0.306 e. The Morgan fingerprint density at radius 3 is 2.56 bits per heavy atom. The summed E-state index contributed by atoms with van der Waals surface area (Å²) in [5.74, 6) is 3.66. The Bertz CT molecular complexity index is 223. The molecule has 2 heteroatoms. The van der Waals surface area contributed by atoms with Crippen molar-refractivity contribution < 1.29 is 0 Å². The predicted molar refractivity (Wildman–Crippen MR) is 70.3 cm³/mol. The van der Waals surface area contributed by atoms with E-state index in [1.54, 1.807) is 0 Å². The highest BCUT2D eigenvalue weighted by molar-refractivity contribution is 5.00. The maximum absolute atomic E-state index is 5.54. The summed E-state index contributed by atoms with van der Waals surface area (Å²) >= 11 is 0. The Hall–Kier alpha value is -0.520. The quantitative estimate of drug-likeness (QED) is 0.717. The second-order valence-electron chi connectivity index (χ2n) is 5.10. The van der Waals surface area contributed by atoms with Gasteiger partial charge in [-0.25, -0.2) is 0 Å².